The molecule has 1 fully saturated rings. The van der Waals surface area contributed by atoms with Crippen LogP contribution in [0.2, 0.25) is 0 Å². The molecule has 3 aromatic rings. The van der Waals surface area contributed by atoms with Gasteiger partial charge in [-0.15, -0.1) is 0 Å². The first-order chi connectivity index (χ1) is 16.3. The normalized spacial score (nSPS) is 13.7. The lowest BCUT2D eigenvalue weighted by Gasteiger charge is -2.18. The van der Waals surface area contributed by atoms with E-state index in [4.69, 9.17) is 4.74 Å². The van der Waals surface area contributed by atoms with Crippen LogP contribution in [-0.2, 0) is 19.8 Å². The number of halogens is 3. The Bertz CT molecular complexity index is 1170. The molecular formula is C22H24F3N7O2. The molecule has 0 atom stereocenters. The molecule has 0 radical (unpaired) electrons. The number of amides is 1. The molecule has 3 heterocycles. The van der Waals surface area contributed by atoms with Crippen LogP contribution in [0.5, 0.6) is 5.75 Å². The quantitative estimate of drug-likeness (QED) is 0.536. The van der Waals surface area contributed by atoms with Gasteiger partial charge in [-0.1, -0.05) is 0 Å². The van der Waals surface area contributed by atoms with E-state index >= 15 is 0 Å². The van der Waals surface area contributed by atoms with Crippen molar-refractivity contribution in [1.82, 2.24) is 24.4 Å². The Morgan fingerprint density at radius 1 is 1.21 bits per heavy atom. The van der Waals surface area contributed by atoms with Crippen molar-refractivity contribution in [3.05, 3.63) is 53.7 Å². The van der Waals surface area contributed by atoms with Crippen LogP contribution in [0.25, 0.3) is 0 Å². The van der Waals surface area contributed by atoms with Gasteiger partial charge in [0.25, 0.3) is 5.91 Å². The number of alkyl halides is 3. The summed E-state index contributed by atoms with van der Waals surface area (Å²) in [7, 11) is 3.18. The van der Waals surface area contributed by atoms with Crippen molar-refractivity contribution in [3.63, 3.8) is 0 Å². The number of nitrogens with zero attached hydrogens (tertiary/aromatic N) is 5. The van der Waals surface area contributed by atoms with Gasteiger partial charge in [0.05, 0.1) is 19.3 Å². The number of benzene rings is 1. The van der Waals surface area contributed by atoms with Gasteiger partial charge in [0.15, 0.2) is 0 Å². The minimum absolute atomic E-state index is 0.0413. The van der Waals surface area contributed by atoms with Crippen molar-refractivity contribution >= 4 is 23.4 Å². The first-order valence-corrected chi connectivity index (χ1v) is 10.6. The smallest absolute Gasteiger partial charge is 0.421 e. The highest BCUT2D eigenvalue weighted by Crippen LogP contribution is 2.35. The lowest BCUT2D eigenvalue weighted by atomic mass is 10.1. The molecule has 0 aliphatic carbocycles. The Kier molecular flexibility index (Phi) is 6.57. The molecule has 0 spiro atoms. The van der Waals surface area contributed by atoms with Crippen LogP contribution >= 0.6 is 0 Å². The molecule has 2 aromatic heterocycles. The summed E-state index contributed by atoms with van der Waals surface area (Å²) in [4.78, 5) is 26.4. The van der Waals surface area contributed by atoms with Crippen LogP contribution in [0, 0.1) is 0 Å². The van der Waals surface area contributed by atoms with E-state index in [9.17, 15) is 18.0 Å². The highest BCUT2D eigenvalue weighted by molar-refractivity contribution is 5.95. The number of nitrogens with one attached hydrogen (secondary N) is 2. The second kappa shape index (κ2) is 9.57. The summed E-state index contributed by atoms with van der Waals surface area (Å²) in [5, 5.41) is 5.58. The fraction of sp³-hybridized carbons (Fsp3) is 0.364. The Balaban J connectivity index is 1.57. The largest absolute Gasteiger partial charge is 0.495 e. The number of hydrogen-bond acceptors (Lipinski definition) is 7. The van der Waals surface area contributed by atoms with Gasteiger partial charge in [0.2, 0.25) is 5.95 Å². The van der Waals surface area contributed by atoms with E-state index in [1.807, 2.05) is 0 Å². The van der Waals surface area contributed by atoms with Gasteiger partial charge in [-0.3, -0.25) is 4.79 Å². The van der Waals surface area contributed by atoms with Crippen LogP contribution in [0.1, 0.15) is 34.6 Å². The third-order valence-corrected chi connectivity index (χ3v) is 5.52. The van der Waals surface area contributed by atoms with Gasteiger partial charge in [0.1, 0.15) is 23.0 Å². The average molecular weight is 475 g/mol. The number of likely N-dealkylation sites (tertiary alicyclic amines) is 1. The molecule has 0 unspecified atom stereocenters. The van der Waals surface area contributed by atoms with Crippen molar-refractivity contribution in [2.24, 2.45) is 7.05 Å². The van der Waals surface area contributed by atoms with Crippen LogP contribution < -0.4 is 15.4 Å². The summed E-state index contributed by atoms with van der Waals surface area (Å²) in [6.45, 7) is 1.48. The van der Waals surface area contributed by atoms with Crippen LogP contribution in [0.15, 0.2) is 36.8 Å². The number of ether oxygens (including phenoxy) is 1. The van der Waals surface area contributed by atoms with Crippen LogP contribution in [0.3, 0.4) is 0 Å². The maximum atomic E-state index is 13.5. The van der Waals surface area contributed by atoms with Gasteiger partial charge < -0.3 is 24.8 Å². The van der Waals surface area contributed by atoms with E-state index < -0.39 is 11.7 Å². The zero-order chi connectivity index (χ0) is 24.3. The van der Waals surface area contributed by atoms with Gasteiger partial charge in [-0.25, -0.2) is 9.97 Å². The minimum Gasteiger partial charge on any atom is -0.495 e. The van der Waals surface area contributed by atoms with E-state index in [0.717, 1.165) is 12.8 Å². The number of aryl methyl sites for hydroxylation is 1. The molecule has 0 saturated carbocycles. The predicted octanol–water partition coefficient (Wildman–Crippen LogP) is 3.83. The Morgan fingerprint density at radius 2 is 1.97 bits per heavy atom. The monoisotopic (exact) mass is 475 g/mol. The fourth-order valence-corrected chi connectivity index (χ4v) is 3.66. The first-order valence-electron chi connectivity index (χ1n) is 10.6. The Labute approximate surface area is 194 Å². The number of anilines is 3. The summed E-state index contributed by atoms with van der Waals surface area (Å²) in [5.41, 5.74) is -0.115. The molecule has 1 saturated heterocycles. The molecule has 1 aliphatic rings. The van der Waals surface area contributed by atoms with Gasteiger partial charge >= 0.3 is 6.18 Å². The van der Waals surface area contributed by atoms with Crippen molar-refractivity contribution < 1.29 is 22.7 Å². The molecule has 0 bridgehead atoms. The zero-order valence-corrected chi connectivity index (χ0v) is 18.7. The first kappa shape index (κ1) is 23.3. The summed E-state index contributed by atoms with van der Waals surface area (Å²) in [5.74, 6) is 0.353. The summed E-state index contributed by atoms with van der Waals surface area (Å²) in [6.07, 6.45) is 1.28. The molecule has 1 aromatic carbocycles. The molecule has 2 N–H and O–H groups in total. The van der Waals surface area contributed by atoms with Gasteiger partial charge in [-0.05, 0) is 31.0 Å². The Hall–Kier alpha value is -3.83. The lowest BCUT2D eigenvalue weighted by molar-refractivity contribution is -0.137. The predicted molar refractivity (Wildman–Crippen MR) is 119 cm³/mol. The number of rotatable bonds is 7. The van der Waals surface area contributed by atoms with Gasteiger partial charge in [0, 0.05) is 44.3 Å². The molecule has 1 amide bonds. The highest BCUT2D eigenvalue weighted by Gasteiger charge is 2.35. The topological polar surface area (TPSA) is 97.2 Å². The van der Waals surface area contributed by atoms with Crippen LogP contribution in [0.4, 0.5) is 30.6 Å². The third-order valence-electron chi connectivity index (χ3n) is 5.52. The van der Waals surface area contributed by atoms with Crippen molar-refractivity contribution in [3.8, 4) is 5.75 Å². The number of imidazole rings is 1. The highest BCUT2D eigenvalue weighted by atomic mass is 19.4. The Morgan fingerprint density at radius 3 is 2.62 bits per heavy atom. The van der Waals surface area contributed by atoms with E-state index in [-0.39, 0.29) is 24.2 Å². The molecule has 1 aliphatic heterocycles. The lowest BCUT2D eigenvalue weighted by Crippen LogP contribution is -2.27. The van der Waals surface area contributed by atoms with Crippen molar-refractivity contribution in [2.45, 2.75) is 25.6 Å². The fourth-order valence-electron chi connectivity index (χ4n) is 3.66. The van der Waals surface area contributed by atoms with Crippen molar-refractivity contribution in [2.75, 3.05) is 30.8 Å². The summed E-state index contributed by atoms with van der Waals surface area (Å²) in [6, 6.07) is 4.84. The van der Waals surface area contributed by atoms with Crippen LogP contribution in [-0.4, -0.2) is 50.5 Å². The maximum Gasteiger partial charge on any atom is 0.421 e. The standard InChI is InChI=1S/C22H24F3N7O2/c1-31-10-7-26-18(31)13-27-19-15(22(23,24)25)12-28-21(30-19)29-16-6-5-14(11-17(16)34-2)20(33)32-8-3-4-9-32/h5-7,10-12H,3-4,8-9,13H2,1-2H3,(H2,27,28,29,30). The molecular weight excluding hydrogens is 451 g/mol. The molecule has 9 nitrogen and oxygen atoms in total. The minimum atomic E-state index is -4.64. The number of aromatic nitrogens is 4. The van der Waals surface area contributed by atoms with E-state index in [1.165, 1.54) is 7.11 Å². The van der Waals surface area contributed by atoms with Crippen molar-refractivity contribution in [1.29, 1.82) is 0 Å². The molecule has 34 heavy (non-hydrogen) atoms. The number of carbonyl (C=O) groups is 1. The summed E-state index contributed by atoms with van der Waals surface area (Å²) < 4.78 is 47.6. The van der Waals surface area contributed by atoms with E-state index in [0.29, 0.717) is 42.1 Å². The molecule has 12 heteroatoms. The number of carbonyl (C=O) groups excluding carboxylic acids is 1. The second-order valence-electron chi connectivity index (χ2n) is 7.80. The molecule has 4 rings (SSSR count). The summed E-state index contributed by atoms with van der Waals surface area (Å²) >= 11 is 0. The number of hydrogen-bond donors (Lipinski definition) is 2. The van der Waals surface area contributed by atoms with E-state index in [2.05, 4.69) is 25.6 Å². The van der Waals surface area contributed by atoms with Gasteiger partial charge in [-0.2, -0.15) is 18.2 Å². The number of methoxy groups -OCH3 is 1. The second-order valence-corrected chi connectivity index (χ2v) is 7.80. The molecule has 180 valence electrons. The van der Waals surface area contributed by atoms with E-state index in [1.54, 1.807) is 47.1 Å². The third kappa shape index (κ3) is 5.05. The SMILES string of the molecule is COc1cc(C(=O)N2CCCC2)ccc1Nc1ncc(C(F)(F)F)c(NCc2nccn2C)n1. The zero-order valence-electron chi connectivity index (χ0n) is 18.7. The maximum absolute atomic E-state index is 13.5. The average Bonchev–Trinajstić information content (AvgIpc) is 3.49.